The van der Waals surface area contributed by atoms with Gasteiger partial charge >= 0.3 is 12.1 Å². The molecule has 3 heterocycles. The molecule has 9 atom stereocenters. The van der Waals surface area contributed by atoms with Crippen LogP contribution < -0.4 is 0 Å². The zero-order chi connectivity index (χ0) is 29.1. The molecule has 3 fully saturated rings. The summed E-state index contributed by atoms with van der Waals surface area (Å²) in [7, 11) is 0. The lowest BCUT2D eigenvalue weighted by atomic mass is 9.72. The summed E-state index contributed by atoms with van der Waals surface area (Å²) >= 11 is 1.42. The maximum Gasteiger partial charge on any atom is 0.420 e. The van der Waals surface area contributed by atoms with E-state index in [0.717, 1.165) is 5.01 Å². The molecule has 1 aromatic heterocycles. The number of ether oxygens (including phenoxy) is 2. The van der Waals surface area contributed by atoms with E-state index in [1.165, 1.54) is 25.2 Å². The van der Waals surface area contributed by atoms with Crippen LogP contribution >= 0.6 is 11.3 Å². The van der Waals surface area contributed by atoms with Gasteiger partial charge in [0.2, 0.25) is 0 Å². The topological polar surface area (TPSA) is 109 Å². The van der Waals surface area contributed by atoms with Crippen LogP contribution in [0.4, 0.5) is 13.2 Å². The summed E-state index contributed by atoms with van der Waals surface area (Å²) < 4.78 is 54.1. The number of rotatable bonds is 2. The molecular weight excluding hydrogens is 535 g/mol. The molecular formula is C28H38F3NO6S. The van der Waals surface area contributed by atoms with Crippen LogP contribution in [0.25, 0.3) is 6.08 Å². The maximum atomic E-state index is 14.3. The van der Waals surface area contributed by atoms with E-state index in [0.29, 0.717) is 17.7 Å². The minimum atomic E-state index is -4.63. The first kappa shape index (κ1) is 30.1. The number of esters is 1. The average Bonchev–Trinajstić information content (AvgIpc) is 3.72. The number of halogens is 3. The summed E-state index contributed by atoms with van der Waals surface area (Å²) in [6, 6.07) is 0. The van der Waals surface area contributed by atoms with Crippen molar-refractivity contribution in [3.8, 4) is 0 Å². The number of ketones is 1. The Kier molecular flexibility index (Phi) is 8.15. The molecule has 1 aromatic rings. The van der Waals surface area contributed by atoms with Crippen LogP contribution in [0.5, 0.6) is 0 Å². The highest BCUT2D eigenvalue weighted by Gasteiger charge is 2.74. The van der Waals surface area contributed by atoms with Gasteiger partial charge in [0.25, 0.3) is 0 Å². The van der Waals surface area contributed by atoms with E-state index in [1.807, 2.05) is 6.92 Å². The van der Waals surface area contributed by atoms with Crippen LogP contribution in [-0.4, -0.2) is 63.1 Å². The number of carbonyl (C=O) groups excluding carboxylic acids is 2. The van der Waals surface area contributed by atoms with Gasteiger partial charge in [-0.05, 0) is 56.1 Å². The number of hydrogen-bond acceptors (Lipinski definition) is 8. The van der Waals surface area contributed by atoms with Crippen molar-refractivity contribution in [3.05, 3.63) is 21.7 Å². The highest BCUT2D eigenvalue weighted by Crippen LogP contribution is 2.61. The molecule has 1 aliphatic carbocycles. The van der Waals surface area contributed by atoms with Gasteiger partial charge in [0.1, 0.15) is 18.0 Å². The van der Waals surface area contributed by atoms with Gasteiger partial charge in [0.05, 0.1) is 34.7 Å². The van der Waals surface area contributed by atoms with Crippen LogP contribution in [0.3, 0.4) is 0 Å². The molecule has 0 spiro atoms. The summed E-state index contributed by atoms with van der Waals surface area (Å²) in [4.78, 5) is 30.6. The number of aromatic nitrogens is 1. The summed E-state index contributed by atoms with van der Waals surface area (Å²) in [5.74, 6) is -3.05. The molecule has 2 aliphatic heterocycles. The highest BCUT2D eigenvalue weighted by atomic mass is 32.1. The monoisotopic (exact) mass is 573 g/mol. The standard InChI is InChI=1S/C28H38F3NO6S/c1-13(7-18-12-39-16(4)32-18)20-9-22-27(38-22,28(29,30)31)11-17-8-19(17)14(2)24(35)15(3)25(36)26(5,6)21(33)10-23(34)37-20/h7,12,14-15,17,19-22,24,33,35H,8-11H2,1-6H3/b13-7+/t14-,15+,17+,19-,20-,21-,22-,24-,27+/m0/s1. The second-order valence-electron chi connectivity index (χ2n) is 12.2. The molecule has 0 bridgehead atoms. The Bertz CT molecular complexity index is 1130. The minimum Gasteiger partial charge on any atom is -0.458 e. The number of aryl methyl sites for hydroxylation is 1. The average molecular weight is 574 g/mol. The van der Waals surface area contributed by atoms with Crippen molar-refractivity contribution in [2.45, 2.75) is 103 Å². The van der Waals surface area contributed by atoms with Crippen LogP contribution in [0.15, 0.2) is 11.0 Å². The summed E-state index contributed by atoms with van der Waals surface area (Å²) in [6.45, 7) is 9.83. The van der Waals surface area contributed by atoms with Crippen LogP contribution in [0.2, 0.25) is 0 Å². The Morgan fingerprint density at radius 1 is 1.21 bits per heavy atom. The fourth-order valence-corrected chi connectivity index (χ4v) is 6.64. The van der Waals surface area contributed by atoms with E-state index in [1.54, 1.807) is 32.2 Å². The normalized spacial score (nSPS) is 39.9. The predicted molar refractivity (Wildman–Crippen MR) is 139 cm³/mol. The lowest BCUT2D eigenvalue weighted by Crippen LogP contribution is -2.46. The summed E-state index contributed by atoms with van der Waals surface area (Å²) in [5, 5.41) is 24.5. The van der Waals surface area contributed by atoms with Gasteiger partial charge < -0.3 is 19.7 Å². The smallest absolute Gasteiger partial charge is 0.420 e. The fourth-order valence-electron chi connectivity index (χ4n) is 6.07. The van der Waals surface area contributed by atoms with Crippen LogP contribution in [-0.2, 0) is 19.1 Å². The lowest BCUT2D eigenvalue weighted by Gasteiger charge is -2.34. The molecule has 7 nitrogen and oxygen atoms in total. The molecule has 0 aromatic carbocycles. The third kappa shape index (κ3) is 5.96. The van der Waals surface area contributed by atoms with Gasteiger partial charge in [0.15, 0.2) is 5.60 Å². The number of aliphatic hydroxyl groups excluding tert-OH is 2. The van der Waals surface area contributed by atoms with Crippen molar-refractivity contribution in [1.82, 2.24) is 4.98 Å². The largest absolute Gasteiger partial charge is 0.458 e. The predicted octanol–water partition coefficient (Wildman–Crippen LogP) is 4.88. The molecule has 4 rings (SSSR count). The zero-order valence-corrected chi connectivity index (χ0v) is 23.9. The summed E-state index contributed by atoms with van der Waals surface area (Å²) in [6.07, 6.45) is -8.19. The van der Waals surface area contributed by atoms with Gasteiger partial charge in [-0.25, -0.2) is 4.98 Å². The number of aliphatic hydroxyl groups is 2. The van der Waals surface area contributed by atoms with Crippen LogP contribution in [0, 0.1) is 36.0 Å². The first-order chi connectivity index (χ1) is 18.0. The molecule has 11 heteroatoms. The second-order valence-corrected chi connectivity index (χ2v) is 13.3. The van der Waals surface area contributed by atoms with Crippen molar-refractivity contribution in [1.29, 1.82) is 0 Å². The van der Waals surface area contributed by atoms with E-state index in [2.05, 4.69) is 4.98 Å². The van der Waals surface area contributed by atoms with Crippen molar-refractivity contribution >= 4 is 29.2 Å². The molecule has 218 valence electrons. The lowest BCUT2D eigenvalue weighted by molar-refractivity contribution is -0.187. The first-order valence-electron chi connectivity index (χ1n) is 13.4. The van der Waals surface area contributed by atoms with Gasteiger partial charge in [-0.15, -0.1) is 11.3 Å². The molecule has 0 radical (unpaired) electrons. The van der Waals surface area contributed by atoms with E-state index in [4.69, 9.17) is 9.47 Å². The molecule has 2 N–H and O–H groups in total. The minimum absolute atomic E-state index is 0.177. The van der Waals surface area contributed by atoms with E-state index in [-0.39, 0.29) is 24.7 Å². The molecule has 1 saturated carbocycles. The molecule has 3 aliphatic rings. The zero-order valence-electron chi connectivity index (χ0n) is 23.1. The Labute approximate surface area is 230 Å². The van der Waals surface area contributed by atoms with E-state index < -0.39 is 71.6 Å². The maximum absolute atomic E-state index is 14.3. The number of hydrogen-bond donors (Lipinski definition) is 2. The molecule has 0 amide bonds. The van der Waals surface area contributed by atoms with E-state index in [9.17, 15) is 33.0 Å². The Balaban J connectivity index is 1.67. The molecule has 39 heavy (non-hydrogen) atoms. The Morgan fingerprint density at radius 2 is 1.87 bits per heavy atom. The third-order valence-electron chi connectivity index (χ3n) is 9.03. The van der Waals surface area contributed by atoms with E-state index >= 15 is 0 Å². The fraction of sp³-hybridized carbons (Fsp3) is 0.750. The molecule has 0 unspecified atom stereocenters. The van der Waals surface area contributed by atoms with Gasteiger partial charge in [-0.2, -0.15) is 13.2 Å². The number of alkyl halides is 3. The first-order valence-corrected chi connectivity index (χ1v) is 14.3. The number of epoxide rings is 1. The number of Topliss-reactive ketones (excluding diaryl/α,β-unsaturated/α-hetero) is 1. The highest BCUT2D eigenvalue weighted by molar-refractivity contribution is 7.09. The number of cyclic esters (lactones) is 1. The number of thiazole rings is 1. The second kappa shape index (κ2) is 10.5. The van der Waals surface area contributed by atoms with Gasteiger partial charge in [-0.3, -0.25) is 9.59 Å². The SMILES string of the molecule is C/C(=C\c1csc(C)n1)[C@@H]1C[C@@H]2O[C@]2(C(F)(F)F)C[C@H]2C[C@H]2[C@H](C)[C@H](O)[C@@H](C)C(=O)C(C)(C)[C@@H](O)CC(=O)O1. The Morgan fingerprint density at radius 3 is 2.46 bits per heavy atom. The third-order valence-corrected chi connectivity index (χ3v) is 9.82. The van der Waals surface area contributed by atoms with Crippen molar-refractivity contribution in [2.75, 3.05) is 0 Å². The number of nitrogens with zero attached hydrogens (tertiary/aromatic N) is 1. The molecule has 2 saturated heterocycles. The summed E-state index contributed by atoms with van der Waals surface area (Å²) in [5.41, 5.74) is -2.60. The van der Waals surface area contributed by atoms with Crippen molar-refractivity contribution < 1.29 is 42.4 Å². The number of fused-ring (bicyclic) bond motifs is 2. The van der Waals surface area contributed by atoms with Crippen molar-refractivity contribution in [2.24, 2.45) is 29.1 Å². The van der Waals surface area contributed by atoms with Crippen LogP contribution in [0.1, 0.15) is 71.0 Å². The quantitative estimate of drug-likeness (QED) is 0.384. The Hall–Kier alpha value is -1.82. The van der Waals surface area contributed by atoms with Crippen molar-refractivity contribution in [3.63, 3.8) is 0 Å². The van der Waals surface area contributed by atoms with Gasteiger partial charge in [0, 0.05) is 17.7 Å². The number of carbonyl (C=O) groups is 2. The van der Waals surface area contributed by atoms with Gasteiger partial charge in [-0.1, -0.05) is 27.7 Å².